The fourth-order valence-electron chi connectivity index (χ4n) is 2.66. The molecule has 2 atom stereocenters. The molecule has 1 fully saturated rings. The van der Waals surface area contributed by atoms with Crippen LogP contribution in [0.5, 0.6) is 0 Å². The number of imidazole rings is 1. The molecule has 2 aromatic heterocycles. The largest absolute Gasteiger partial charge is 0.377 e. The van der Waals surface area contributed by atoms with Crippen molar-refractivity contribution in [1.29, 1.82) is 0 Å². The zero-order chi connectivity index (χ0) is 15.5. The number of rotatable bonds is 4. The van der Waals surface area contributed by atoms with Gasteiger partial charge < -0.3 is 24.5 Å². The van der Waals surface area contributed by atoms with E-state index >= 15 is 0 Å². The molecule has 1 aliphatic heterocycles. The first-order valence-corrected chi connectivity index (χ1v) is 7.26. The molecule has 0 spiro atoms. The van der Waals surface area contributed by atoms with Crippen LogP contribution in [0.3, 0.4) is 0 Å². The van der Waals surface area contributed by atoms with Crippen LogP contribution in [-0.2, 0) is 16.0 Å². The van der Waals surface area contributed by atoms with Gasteiger partial charge in [0.1, 0.15) is 11.8 Å². The van der Waals surface area contributed by atoms with Gasteiger partial charge in [-0.3, -0.25) is 0 Å². The number of carbonyl (C=O) groups excluding carboxylic acids is 1. The van der Waals surface area contributed by atoms with E-state index in [4.69, 9.17) is 9.47 Å². The molecule has 0 aromatic carbocycles. The Hall–Kier alpha value is -2.12. The van der Waals surface area contributed by atoms with Gasteiger partial charge in [0.05, 0.1) is 37.2 Å². The number of amides is 2. The lowest BCUT2D eigenvalue weighted by Crippen LogP contribution is -2.47. The van der Waals surface area contributed by atoms with Gasteiger partial charge in [0.2, 0.25) is 0 Å². The van der Waals surface area contributed by atoms with Gasteiger partial charge in [-0.1, -0.05) is 6.07 Å². The number of ether oxygens (including phenoxy) is 2. The summed E-state index contributed by atoms with van der Waals surface area (Å²) in [4.78, 5) is 16.5. The molecule has 0 unspecified atom stereocenters. The number of pyridine rings is 1. The number of aryl methyl sites for hydroxylation is 1. The predicted octanol–water partition coefficient (Wildman–Crippen LogP) is 0.856. The molecule has 0 radical (unpaired) electrons. The normalized spacial score (nSPS) is 21.2. The third-order valence-corrected chi connectivity index (χ3v) is 3.89. The molecule has 7 nitrogen and oxygen atoms in total. The minimum absolute atomic E-state index is 0.0942. The van der Waals surface area contributed by atoms with E-state index in [1.165, 1.54) is 0 Å². The lowest BCUT2D eigenvalue weighted by atomic mass is 10.2. The number of methoxy groups -OCH3 is 1. The molecule has 7 heteroatoms. The molecule has 22 heavy (non-hydrogen) atoms. The lowest BCUT2D eigenvalue weighted by Gasteiger charge is -2.18. The summed E-state index contributed by atoms with van der Waals surface area (Å²) in [5.41, 5.74) is 2.75. The van der Waals surface area contributed by atoms with E-state index < -0.39 is 0 Å². The maximum atomic E-state index is 12.0. The maximum Gasteiger partial charge on any atom is 0.315 e. The highest BCUT2D eigenvalue weighted by Gasteiger charge is 2.29. The van der Waals surface area contributed by atoms with Crippen molar-refractivity contribution in [1.82, 2.24) is 20.0 Å². The van der Waals surface area contributed by atoms with Gasteiger partial charge >= 0.3 is 6.03 Å². The number of nitrogens with one attached hydrogen (secondary N) is 2. The second kappa shape index (κ2) is 6.33. The molecule has 118 valence electrons. The first-order valence-electron chi connectivity index (χ1n) is 7.26. The predicted molar refractivity (Wildman–Crippen MR) is 80.7 cm³/mol. The van der Waals surface area contributed by atoms with Crippen molar-refractivity contribution in [3.05, 3.63) is 35.8 Å². The van der Waals surface area contributed by atoms with Gasteiger partial charge in [-0.15, -0.1) is 0 Å². The van der Waals surface area contributed by atoms with Gasteiger partial charge in [0, 0.05) is 13.3 Å². The van der Waals surface area contributed by atoms with Gasteiger partial charge in [-0.2, -0.15) is 0 Å². The zero-order valence-electron chi connectivity index (χ0n) is 12.7. The van der Waals surface area contributed by atoms with Crippen molar-refractivity contribution in [2.75, 3.05) is 20.3 Å². The molecular weight excluding hydrogens is 284 g/mol. The second-order valence-corrected chi connectivity index (χ2v) is 5.32. The molecule has 1 aliphatic rings. The van der Waals surface area contributed by atoms with E-state index in [1.54, 1.807) is 7.11 Å². The third kappa shape index (κ3) is 2.90. The van der Waals surface area contributed by atoms with Crippen molar-refractivity contribution in [2.24, 2.45) is 0 Å². The number of aromatic nitrogens is 2. The van der Waals surface area contributed by atoms with Crippen molar-refractivity contribution in [3.63, 3.8) is 0 Å². The molecule has 0 saturated carbocycles. The van der Waals surface area contributed by atoms with Gasteiger partial charge in [-0.05, 0) is 19.1 Å². The van der Waals surface area contributed by atoms with Gasteiger partial charge in [0.15, 0.2) is 0 Å². The van der Waals surface area contributed by atoms with Gasteiger partial charge in [0.25, 0.3) is 0 Å². The number of urea groups is 1. The molecule has 2 N–H and O–H groups in total. The SMILES string of the molecule is CO[C@@H]1COC[C@@H]1NC(=O)NCc1c(C)nc2ccccn12. The van der Waals surface area contributed by atoms with E-state index in [-0.39, 0.29) is 18.2 Å². The molecule has 1 saturated heterocycles. The summed E-state index contributed by atoms with van der Waals surface area (Å²) >= 11 is 0. The number of carbonyl (C=O) groups is 1. The Morgan fingerprint density at radius 2 is 2.36 bits per heavy atom. The Labute approximate surface area is 128 Å². The van der Waals surface area contributed by atoms with Gasteiger partial charge in [-0.25, -0.2) is 9.78 Å². The molecule has 3 rings (SSSR count). The second-order valence-electron chi connectivity index (χ2n) is 5.32. The molecule has 0 aliphatic carbocycles. The highest BCUT2D eigenvalue weighted by molar-refractivity contribution is 5.74. The lowest BCUT2D eigenvalue weighted by molar-refractivity contribution is 0.0745. The Kier molecular flexibility index (Phi) is 4.26. The minimum Gasteiger partial charge on any atom is -0.377 e. The Morgan fingerprint density at radius 1 is 1.50 bits per heavy atom. The van der Waals surface area contributed by atoms with Crippen LogP contribution in [0.4, 0.5) is 4.79 Å². The summed E-state index contributed by atoms with van der Waals surface area (Å²) < 4.78 is 12.6. The van der Waals surface area contributed by atoms with Crippen LogP contribution in [0.15, 0.2) is 24.4 Å². The zero-order valence-corrected chi connectivity index (χ0v) is 12.7. The summed E-state index contributed by atoms with van der Waals surface area (Å²) in [5, 5.41) is 5.75. The van der Waals surface area contributed by atoms with Crippen LogP contribution in [0.25, 0.3) is 5.65 Å². The first-order chi connectivity index (χ1) is 10.7. The molecule has 2 aromatic rings. The Bertz CT molecular complexity index is 670. The van der Waals surface area contributed by atoms with Crippen molar-refractivity contribution >= 4 is 11.7 Å². The van der Waals surface area contributed by atoms with Crippen molar-refractivity contribution in [2.45, 2.75) is 25.6 Å². The quantitative estimate of drug-likeness (QED) is 0.878. The topological polar surface area (TPSA) is 76.9 Å². The van der Waals surface area contributed by atoms with E-state index in [0.29, 0.717) is 19.8 Å². The minimum atomic E-state index is -0.233. The smallest absolute Gasteiger partial charge is 0.315 e. The van der Waals surface area contributed by atoms with Crippen LogP contribution in [0, 0.1) is 6.92 Å². The summed E-state index contributed by atoms with van der Waals surface area (Å²) in [6.07, 6.45) is 1.85. The van der Waals surface area contributed by atoms with Crippen LogP contribution < -0.4 is 10.6 Å². The van der Waals surface area contributed by atoms with E-state index in [0.717, 1.165) is 17.0 Å². The Morgan fingerprint density at radius 3 is 3.18 bits per heavy atom. The van der Waals surface area contributed by atoms with E-state index in [9.17, 15) is 4.79 Å². The summed E-state index contributed by atoms with van der Waals surface area (Å²) in [7, 11) is 1.62. The average molecular weight is 304 g/mol. The number of fused-ring (bicyclic) bond motifs is 1. The fraction of sp³-hybridized carbons (Fsp3) is 0.467. The first kappa shape index (κ1) is 14.8. The summed E-state index contributed by atoms with van der Waals surface area (Å²) in [5.74, 6) is 0. The third-order valence-electron chi connectivity index (χ3n) is 3.89. The molecule has 2 amide bonds. The van der Waals surface area contributed by atoms with Crippen LogP contribution in [-0.4, -0.2) is 47.9 Å². The molecule has 3 heterocycles. The van der Waals surface area contributed by atoms with Crippen molar-refractivity contribution < 1.29 is 14.3 Å². The maximum absolute atomic E-state index is 12.0. The fourth-order valence-corrected chi connectivity index (χ4v) is 2.66. The summed E-state index contributed by atoms with van der Waals surface area (Å²) in [6, 6.07) is 5.47. The molecular formula is C15H20N4O3. The van der Waals surface area contributed by atoms with Crippen molar-refractivity contribution in [3.8, 4) is 0 Å². The highest BCUT2D eigenvalue weighted by Crippen LogP contribution is 2.12. The van der Waals surface area contributed by atoms with E-state index in [2.05, 4.69) is 15.6 Å². The van der Waals surface area contributed by atoms with Crippen LogP contribution >= 0.6 is 0 Å². The standard InChI is InChI=1S/C15H20N4O3/c1-10-12(19-6-4-3-5-14(19)17-10)7-16-15(20)18-11-8-22-9-13(11)21-2/h3-6,11,13H,7-9H2,1-2H3,(H2,16,18,20)/t11-,13+/m0/s1. The summed E-state index contributed by atoms with van der Waals surface area (Å²) in [6.45, 7) is 3.33. The van der Waals surface area contributed by atoms with Crippen LogP contribution in [0.1, 0.15) is 11.4 Å². The number of nitrogens with zero attached hydrogens (tertiary/aromatic N) is 2. The monoisotopic (exact) mass is 304 g/mol. The Balaban J connectivity index is 1.62. The van der Waals surface area contributed by atoms with Crippen LogP contribution in [0.2, 0.25) is 0 Å². The molecule has 0 bridgehead atoms. The van der Waals surface area contributed by atoms with E-state index in [1.807, 2.05) is 35.7 Å². The highest BCUT2D eigenvalue weighted by atomic mass is 16.5. The average Bonchev–Trinajstić information content (AvgIpc) is 3.08. The number of hydrogen-bond donors (Lipinski definition) is 2. The number of hydrogen-bond acceptors (Lipinski definition) is 4.